The topological polar surface area (TPSA) is 196 Å². The van der Waals surface area contributed by atoms with Gasteiger partial charge in [0.1, 0.15) is 19.3 Å². The normalized spacial score (nSPS) is 26.0. The van der Waals surface area contributed by atoms with Gasteiger partial charge >= 0.3 is 35.8 Å². The molecule has 1 fully saturated rings. The quantitative estimate of drug-likeness (QED) is 0.0899. The highest BCUT2D eigenvalue weighted by Crippen LogP contribution is 2.45. The maximum atomic E-state index is 13.4. The first kappa shape index (κ1) is 46.4. The van der Waals surface area contributed by atoms with Crippen LogP contribution in [0.25, 0.3) is 0 Å². The molecule has 8 atom stereocenters. The number of allylic oxidation sites excluding steroid dienone is 1. The van der Waals surface area contributed by atoms with Crippen molar-refractivity contribution in [1.82, 2.24) is 0 Å². The maximum Gasteiger partial charge on any atom is 0.335 e. The number of aliphatic carboxylic acids is 1. The SMILES string of the molecule is CC(C)CC(=O)OCC1=CC[C@@H]2C(C(=O)O)=CO[C@@H](O[C@@H]3O[C@H](COC(=O)CC(C)C)[C@@H](OC(=O)CC(C)C)[C@H](OC(=O)CC(C)C)[C@H]3OC(=O)CC(C)C)[C@H]12. The van der Waals surface area contributed by atoms with E-state index >= 15 is 0 Å². The Morgan fingerprint density at radius 3 is 1.61 bits per heavy atom. The molecule has 56 heavy (non-hydrogen) atoms. The molecule has 0 spiro atoms. The molecule has 2 aliphatic heterocycles. The highest BCUT2D eigenvalue weighted by Gasteiger charge is 2.56. The van der Waals surface area contributed by atoms with Crippen molar-refractivity contribution in [3.8, 4) is 0 Å². The van der Waals surface area contributed by atoms with E-state index in [-0.39, 0.29) is 80.3 Å². The van der Waals surface area contributed by atoms with Crippen molar-refractivity contribution < 1.29 is 71.8 Å². The Balaban J connectivity index is 2.12. The van der Waals surface area contributed by atoms with E-state index in [9.17, 15) is 33.9 Å². The molecule has 0 bridgehead atoms. The zero-order valence-corrected chi connectivity index (χ0v) is 34.5. The van der Waals surface area contributed by atoms with Crippen molar-refractivity contribution in [1.29, 1.82) is 0 Å². The van der Waals surface area contributed by atoms with Gasteiger partial charge in [0.05, 0.1) is 17.8 Å². The molecule has 15 heteroatoms. The molecule has 1 N–H and O–H groups in total. The third-order valence-corrected chi connectivity index (χ3v) is 9.11. The summed E-state index contributed by atoms with van der Waals surface area (Å²) in [5.74, 6) is -5.98. The van der Waals surface area contributed by atoms with E-state index in [2.05, 4.69) is 0 Å². The predicted molar refractivity (Wildman–Crippen MR) is 199 cm³/mol. The second kappa shape index (κ2) is 21.5. The number of carboxylic acid groups (broad SMARTS) is 1. The number of hydrogen-bond donors (Lipinski definition) is 1. The van der Waals surface area contributed by atoms with E-state index in [0.29, 0.717) is 5.57 Å². The number of carboxylic acids is 1. The number of hydrogen-bond acceptors (Lipinski definition) is 14. The summed E-state index contributed by atoms with van der Waals surface area (Å²) in [7, 11) is 0. The van der Waals surface area contributed by atoms with E-state index in [1.54, 1.807) is 6.08 Å². The first-order valence-electron chi connectivity index (χ1n) is 19.7. The van der Waals surface area contributed by atoms with E-state index in [0.717, 1.165) is 6.26 Å². The fourth-order valence-electron chi connectivity index (χ4n) is 6.68. The molecule has 15 nitrogen and oxygen atoms in total. The lowest BCUT2D eigenvalue weighted by atomic mass is 9.83. The Labute approximate surface area is 330 Å². The molecule has 316 valence electrons. The fraction of sp³-hybridized carbons (Fsp3) is 0.756. The lowest BCUT2D eigenvalue weighted by Crippen LogP contribution is -2.64. The van der Waals surface area contributed by atoms with Gasteiger partial charge in [-0.1, -0.05) is 75.3 Å². The monoisotopic (exact) mass is 794 g/mol. The van der Waals surface area contributed by atoms with Crippen LogP contribution in [0.5, 0.6) is 0 Å². The fourth-order valence-corrected chi connectivity index (χ4v) is 6.68. The van der Waals surface area contributed by atoms with Gasteiger partial charge in [0.25, 0.3) is 0 Å². The Morgan fingerprint density at radius 2 is 1.11 bits per heavy atom. The average molecular weight is 795 g/mol. The Hall–Kier alpha value is -3.98. The van der Waals surface area contributed by atoms with Crippen LogP contribution in [0.2, 0.25) is 0 Å². The van der Waals surface area contributed by atoms with Crippen LogP contribution in [0.1, 0.15) is 108 Å². The Morgan fingerprint density at radius 1 is 0.643 bits per heavy atom. The molecule has 0 unspecified atom stereocenters. The molecule has 3 rings (SSSR count). The molecule has 0 aromatic carbocycles. The molecule has 3 aliphatic rings. The van der Waals surface area contributed by atoms with Crippen LogP contribution in [-0.4, -0.2) is 91.1 Å². The van der Waals surface area contributed by atoms with Crippen molar-refractivity contribution in [2.45, 2.75) is 145 Å². The second-order valence-corrected chi connectivity index (χ2v) is 16.9. The maximum absolute atomic E-state index is 13.4. The standard InChI is InChI=1S/C41H62O15/c1-21(2)13-30(42)49-18-26-11-12-27-28(39(47)48)19-51-40(35(26)27)56-41-38(55-34(46)17-25(9)10)37(54-33(45)16-24(7)8)36(53-32(44)15-23(5)6)29(52-41)20-50-31(43)14-22(3)4/h11,19,21-25,27,29,35-38,40-41H,12-18,20H2,1-10H3,(H,47,48)/t27-,29-,35-,36-,37+,38-,40+,41+/m1/s1. The van der Waals surface area contributed by atoms with Crippen molar-refractivity contribution in [2.75, 3.05) is 13.2 Å². The summed E-state index contributed by atoms with van der Waals surface area (Å²) in [6.07, 6.45) is -5.28. The number of carbonyl (C=O) groups excluding carboxylic acids is 5. The lowest BCUT2D eigenvalue weighted by molar-refractivity contribution is -0.343. The van der Waals surface area contributed by atoms with Gasteiger partial charge < -0.3 is 43.0 Å². The molecule has 1 saturated heterocycles. The molecule has 2 heterocycles. The van der Waals surface area contributed by atoms with Gasteiger partial charge in [-0.2, -0.15) is 0 Å². The zero-order chi connectivity index (χ0) is 41.9. The Bertz CT molecular complexity index is 1440. The molecule has 1 aliphatic carbocycles. The Kier molecular flexibility index (Phi) is 17.8. The van der Waals surface area contributed by atoms with E-state index < -0.39 is 91.3 Å². The highest BCUT2D eigenvalue weighted by molar-refractivity contribution is 5.87. The van der Waals surface area contributed by atoms with Gasteiger partial charge in [-0.15, -0.1) is 0 Å². The first-order valence-corrected chi connectivity index (χ1v) is 19.7. The van der Waals surface area contributed by atoms with Crippen LogP contribution in [0.4, 0.5) is 0 Å². The largest absolute Gasteiger partial charge is 0.478 e. The van der Waals surface area contributed by atoms with Gasteiger partial charge in [-0.05, 0) is 41.6 Å². The number of esters is 5. The minimum atomic E-state index is -1.59. The van der Waals surface area contributed by atoms with Gasteiger partial charge in [0, 0.05) is 38.0 Å². The smallest absolute Gasteiger partial charge is 0.335 e. The molecule has 0 aromatic rings. The van der Waals surface area contributed by atoms with Crippen molar-refractivity contribution in [3.05, 3.63) is 23.5 Å². The third-order valence-electron chi connectivity index (χ3n) is 9.11. The van der Waals surface area contributed by atoms with E-state index in [4.69, 9.17) is 37.9 Å². The minimum absolute atomic E-state index is 0.00513. The summed E-state index contributed by atoms with van der Waals surface area (Å²) in [6, 6.07) is 0. The molecule has 0 radical (unpaired) electrons. The predicted octanol–water partition coefficient (Wildman–Crippen LogP) is 5.67. The van der Waals surface area contributed by atoms with E-state index in [1.165, 1.54) is 0 Å². The van der Waals surface area contributed by atoms with Gasteiger partial charge in [-0.25, -0.2) is 4.79 Å². The number of rotatable bonds is 20. The van der Waals surface area contributed by atoms with Crippen LogP contribution in [0.3, 0.4) is 0 Å². The first-order chi connectivity index (χ1) is 26.2. The number of fused-ring (bicyclic) bond motifs is 1. The lowest BCUT2D eigenvalue weighted by Gasteiger charge is -2.46. The summed E-state index contributed by atoms with van der Waals surface area (Å²) >= 11 is 0. The molecule has 0 amide bonds. The minimum Gasteiger partial charge on any atom is -0.478 e. The number of ether oxygens (including phenoxy) is 8. The van der Waals surface area contributed by atoms with Gasteiger partial charge in [0.15, 0.2) is 18.3 Å². The molecule has 0 aromatic heterocycles. The van der Waals surface area contributed by atoms with Gasteiger partial charge in [0.2, 0.25) is 12.6 Å². The third kappa shape index (κ3) is 14.2. The average Bonchev–Trinajstić information content (AvgIpc) is 3.48. The van der Waals surface area contributed by atoms with Crippen molar-refractivity contribution in [3.63, 3.8) is 0 Å². The molecule has 0 saturated carbocycles. The van der Waals surface area contributed by atoms with Crippen molar-refractivity contribution in [2.24, 2.45) is 41.4 Å². The van der Waals surface area contributed by atoms with Crippen LogP contribution in [0, 0.1) is 41.4 Å². The summed E-state index contributed by atoms with van der Waals surface area (Å²) < 4.78 is 47.9. The van der Waals surface area contributed by atoms with Crippen LogP contribution in [-0.2, 0) is 66.7 Å². The summed E-state index contributed by atoms with van der Waals surface area (Å²) in [5, 5.41) is 10.0. The van der Waals surface area contributed by atoms with E-state index in [1.807, 2.05) is 69.2 Å². The zero-order valence-electron chi connectivity index (χ0n) is 34.5. The number of carbonyl (C=O) groups is 6. The van der Waals surface area contributed by atoms with Crippen molar-refractivity contribution >= 4 is 35.8 Å². The highest BCUT2D eigenvalue weighted by atomic mass is 16.8. The van der Waals surface area contributed by atoms with Gasteiger partial charge in [-0.3, -0.25) is 24.0 Å². The molecular weight excluding hydrogens is 732 g/mol. The van der Waals surface area contributed by atoms with Crippen LogP contribution >= 0.6 is 0 Å². The molecular formula is C41H62O15. The summed E-state index contributed by atoms with van der Waals surface area (Å²) in [6.45, 7) is 17.8. The summed E-state index contributed by atoms with van der Waals surface area (Å²) in [4.78, 5) is 77.7. The van der Waals surface area contributed by atoms with Crippen LogP contribution < -0.4 is 0 Å². The van der Waals surface area contributed by atoms with Crippen LogP contribution in [0.15, 0.2) is 23.5 Å². The summed E-state index contributed by atoms with van der Waals surface area (Å²) in [5.41, 5.74) is 0.527. The second-order valence-electron chi connectivity index (χ2n) is 16.9.